The summed E-state index contributed by atoms with van der Waals surface area (Å²) in [5, 5.41) is 6.98. The summed E-state index contributed by atoms with van der Waals surface area (Å²) in [5.74, 6) is 3.05. The molecule has 134 valence electrons. The number of carbonyl (C=O) groups excluding carboxylic acids is 1. The molecule has 6 nitrogen and oxygen atoms in total. The van der Waals surface area contributed by atoms with Crippen LogP contribution in [0.5, 0.6) is 0 Å². The number of thioether (sulfide) groups is 1. The van der Waals surface area contributed by atoms with Gasteiger partial charge in [-0.15, -0.1) is 0 Å². The number of aromatic nitrogens is 3. The van der Waals surface area contributed by atoms with Gasteiger partial charge in [0.1, 0.15) is 11.6 Å². The van der Waals surface area contributed by atoms with E-state index in [9.17, 15) is 4.79 Å². The van der Waals surface area contributed by atoms with Crippen LogP contribution in [0.25, 0.3) is 5.69 Å². The zero-order chi connectivity index (χ0) is 17.9. The molecule has 0 saturated heterocycles. The highest BCUT2D eigenvalue weighted by molar-refractivity contribution is 7.98. The predicted molar refractivity (Wildman–Crippen MR) is 100 cm³/mol. The van der Waals surface area contributed by atoms with Gasteiger partial charge in [0.15, 0.2) is 5.69 Å². The van der Waals surface area contributed by atoms with E-state index in [0.717, 1.165) is 41.6 Å². The monoisotopic (exact) mass is 368 g/mol. The van der Waals surface area contributed by atoms with Gasteiger partial charge in [0, 0.05) is 24.1 Å². The van der Waals surface area contributed by atoms with E-state index >= 15 is 0 Å². The minimum Gasteiger partial charge on any atom is -0.360 e. The van der Waals surface area contributed by atoms with Crippen LogP contribution in [-0.4, -0.2) is 26.4 Å². The van der Waals surface area contributed by atoms with Gasteiger partial charge >= 0.3 is 0 Å². The van der Waals surface area contributed by atoms with Gasteiger partial charge in [-0.05, 0) is 30.2 Å². The lowest BCUT2D eigenvalue weighted by Crippen LogP contribution is -2.30. The molecule has 26 heavy (non-hydrogen) atoms. The number of hydrogen-bond acceptors (Lipinski definition) is 5. The molecule has 2 aromatic heterocycles. The third kappa shape index (κ3) is 3.26. The predicted octanol–water partition coefficient (Wildman–Crippen LogP) is 3.53. The van der Waals surface area contributed by atoms with Crippen LogP contribution in [0.3, 0.4) is 0 Å². The molecule has 1 N–H and O–H groups in total. The van der Waals surface area contributed by atoms with Crippen LogP contribution in [0.15, 0.2) is 47.2 Å². The molecule has 1 aromatic carbocycles. The topological polar surface area (TPSA) is 73.0 Å². The molecular weight excluding hydrogens is 348 g/mol. The molecule has 3 heterocycles. The molecular formula is C19H20N4O2S. The largest absolute Gasteiger partial charge is 0.360 e. The Balaban J connectivity index is 1.54. The van der Waals surface area contributed by atoms with E-state index < -0.39 is 0 Å². The molecule has 1 aliphatic heterocycles. The highest BCUT2D eigenvalue weighted by Crippen LogP contribution is 2.29. The van der Waals surface area contributed by atoms with Crippen molar-refractivity contribution in [3.63, 3.8) is 0 Å². The summed E-state index contributed by atoms with van der Waals surface area (Å²) in [6.45, 7) is 2.08. The number of nitrogens with zero attached hydrogens (tertiary/aromatic N) is 3. The fourth-order valence-corrected chi connectivity index (χ4v) is 3.76. The standard InChI is InChI=1S/C19H20N4O2S/c1-2-26-12-14-11-16(22-25-14)19(24)21-15-8-7-13-5-3-4-6-17(13)23-10-9-20-18(15)23/h3-6,9-11,15H,2,7-8,12H2,1H3,(H,21,24). The molecule has 1 unspecified atom stereocenters. The van der Waals surface area contributed by atoms with Crippen LogP contribution in [-0.2, 0) is 12.2 Å². The number of nitrogens with one attached hydrogen (secondary N) is 1. The van der Waals surface area contributed by atoms with Crippen molar-refractivity contribution >= 4 is 17.7 Å². The van der Waals surface area contributed by atoms with Gasteiger partial charge in [-0.3, -0.25) is 4.79 Å². The first-order chi connectivity index (χ1) is 12.8. The number of para-hydroxylation sites is 1. The zero-order valence-corrected chi connectivity index (χ0v) is 15.3. The Bertz CT molecular complexity index is 918. The first kappa shape index (κ1) is 16.9. The Morgan fingerprint density at radius 1 is 1.42 bits per heavy atom. The second-order valence-electron chi connectivity index (χ2n) is 6.16. The van der Waals surface area contributed by atoms with Crippen molar-refractivity contribution in [1.29, 1.82) is 0 Å². The molecule has 3 aromatic rings. The molecule has 0 spiro atoms. The molecule has 1 amide bonds. The number of imidazole rings is 1. The van der Waals surface area contributed by atoms with Gasteiger partial charge in [-0.1, -0.05) is 30.3 Å². The molecule has 7 heteroatoms. The number of carbonyl (C=O) groups is 1. The van der Waals surface area contributed by atoms with Crippen molar-refractivity contribution < 1.29 is 9.32 Å². The molecule has 0 saturated carbocycles. The third-order valence-electron chi connectivity index (χ3n) is 4.48. The lowest BCUT2D eigenvalue weighted by molar-refractivity contribution is 0.0923. The Labute approximate surface area is 156 Å². The van der Waals surface area contributed by atoms with Gasteiger partial charge in [-0.2, -0.15) is 11.8 Å². The van der Waals surface area contributed by atoms with Crippen LogP contribution in [0, 0.1) is 0 Å². The third-order valence-corrected chi connectivity index (χ3v) is 5.38. The number of aryl methyl sites for hydroxylation is 1. The summed E-state index contributed by atoms with van der Waals surface area (Å²) in [6, 6.07) is 9.82. The smallest absolute Gasteiger partial charge is 0.274 e. The van der Waals surface area contributed by atoms with Crippen molar-refractivity contribution in [3.8, 4) is 5.69 Å². The molecule has 0 bridgehead atoms. The zero-order valence-electron chi connectivity index (χ0n) is 14.5. The number of hydrogen-bond donors (Lipinski definition) is 1. The van der Waals surface area contributed by atoms with Crippen molar-refractivity contribution in [1.82, 2.24) is 20.0 Å². The van der Waals surface area contributed by atoms with Gasteiger partial charge in [0.05, 0.1) is 11.8 Å². The second-order valence-corrected chi connectivity index (χ2v) is 7.44. The van der Waals surface area contributed by atoms with Crippen LogP contribution < -0.4 is 5.32 Å². The average Bonchev–Trinajstić information content (AvgIpc) is 3.30. The van der Waals surface area contributed by atoms with Crippen LogP contribution in [0.4, 0.5) is 0 Å². The molecule has 1 aliphatic rings. The lowest BCUT2D eigenvalue weighted by atomic mass is 10.1. The number of rotatable bonds is 5. The summed E-state index contributed by atoms with van der Waals surface area (Å²) in [6.07, 6.45) is 5.37. The summed E-state index contributed by atoms with van der Waals surface area (Å²) in [7, 11) is 0. The number of amides is 1. The Morgan fingerprint density at radius 3 is 3.19 bits per heavy atom. The van der Waals surface area contributed by atoms with E-state index in [-0.39, 0.29) is 11.9 Å². The Kier molecular flexibility index (Phi) is 4.79. The quantitative estimate of drug-likeness (QED) is 0.746. The SMILES string of the molecule is CCSCc1cc(C(=O)NC2CCc3ccccc3-n3ccnc32)no1. The fourth-order valence-electron chi connectivity index (χ4n) is 3.22. The van der Waals surface area contributed by atoms with Crippen molar-refractivity contribution in [3.05, 3.63) is 65.6 Å². The molecule has 1 atom stereocenters. The number of benzene rings is 1. The average molecular weight is 368 g/mol. The normalized spacial score (nSPS) is 15.8. The van der Waals surface area contributed by atoms with Crippen LogP contribution in [0.2, 0.25) is 0 Å². The Hall–Kier alpha value is -2.54. The highest BCUT2D eigenvalue weighted by Gasteiger charge is 2.26. The van der Waals surface area contributed by atoms with Crippen molar-refractivity contribution in [2.24, 2.45) is 0 Å². The number of fused-ring (bicyclic) bond motifs is 3. The molecule has 0 radical (unpaired) electrons. The van der Waals surface area contributed by atoms with Crippen molar-refractivity contribution in [2.75, 3.05) is 5.75 Å². The van der Waals surface area contributed by atoms with Gasteiger partial charge < -0.3 is 14.4 Å². The second kappa shape index (κ2) is 7.37. The minimum absolute atomic E-state index is 0.171. The summed E-state index contributed by atoms with van der Waals surface area (Å²) >= 11 is 1.73. The first-order valence-electron chi connectivity index (χ1n) is 8.72. The van der Waals surface area contributed by atoms with E-state index in [1.807, 2.05) is 18.3 Å². The lowest BCUT2D eigenvalue weighted by Gasteiger charge is -2.15. The molecule has 0 fully saturated rings. The highest BCUT2D eigenvalue weighted by atomic mass is 32.2. The van der Waals surface area contributed by atoms with E-state index in [0.29, 0.717) is 5.69 Å². The molecule has 0 aliphatic carbocycles. The maximum atomic E-state index is 12.6. The van der Waals surface area contributed by atoms with Crippen molar-refractivity contribution in [2.45, 2.75) is 31.6 Å². The van der Waals surface area contributed by atoms with E-state index in [2.05, 4.69) is 39.1 Å². The van der Waals surface area contributed by atoms with Gasteiger partial charge in [0.2, 0.25) is 0 Å². The fraction of sp³-hybridized carbons (Fsp3) is 0.316. The van der Waals surface area contributed by atoms with E-state index in [1.54, 1.807) is 24.0 Å². The van der Waals surface area contributed by atoms with Crippen LogP contribution in [0.1, 0.15) is 47.0 Å². The molecule has 4 rings (SSSR count). The maximum Gasteiger partial charge on any atom is 0.274 e. The minimum atomic E-state index is -0.230. The van der Waals surface area contributed by atoms with Gasteiger partial charge in [-0.25, -0.2) is 4.98 Å². The summed E-state index contributed by atoms with van der Waals surface area (Å²) in [5.41, 5.74) is 2.69. The van der Waals surface area contributed by atoms with Crippen LogP contribution >= 0.6 is 11.8 Å². The first-order valence-corrected chi connectivity index (χ1v) is 9.87. The van der Waals surface area contributed by atoms with E-state index in [4.69, 9.17) is 4.52 Å². The maximum absolute atomic E-state index is 12.6. The summed E-state index contributed by atoms with van der Waals surface area (Å²) < 4.78 is 7.31. The van der Waals surface area contributed by atoms with E-state index in [1.165, 1.54) is 5.56 Å². The summed E-state index contributed by atoms with van der Waals surface area (Å²) in [4.78, 5) is 17.1. The Morgan fingerprint density at radius 2 is 2.31 bits per heavy atom. The van der Waals surface area contributed by atoms with Gasteiger partial charge in [0.25, 0.3) is 5.91 Å².